The lowest BCUT2D eigenvalue weighted by Crippen LogP contribution is -2.35. The first-order chi connectivity index (χ1) is 15.2. The second kappa shape index (κ2) is 9.72. The second-order valence-electron chi connectivity index (χ2n) is 8.55. The van der Waals surface area contributed by atoms with E-state index in [-0.39, 0.29) is 11.8 Å². The topological polar surface area (TPSA) is 97.0 Å². The third-order valence-electron chi connectivity index (χ3n) is 4.84. The molecule has 0 aliphatic carbocycles. The van der Waals surface area contributed by atoms with Gasteiger partial charge in [0.2, 0.25) is 5.91 Å². The number of rotatable bonds is 5. The first-order valence-electron chi connectivity index (χ1n) is 10.6. The SMILES string of the molecule is COc1ccc(NC(=O)c2ccc(NC(=O)OC(C)(C)C)cc2)cc1N1CCCCC1=O. The number of methoxy groups -OCH3 is 1. The molecule has 8 nitrogen and oxygen atoms in total. The number of piperidine rings is 1. The monoisotopic (exact) mass is 439 g/mol. The van der Waals surface area contributed by atoms with Gasteiger partial charge in [0.25, 0.3) is 5.91 Å². The van der Waals surface area contributed by atoms with Crippen LogP contribution in [0.25, 0.3) is 0 Å². The van der Waals surface area contributed by atoms with Crippen LogP contribution in [0.4, 0.5) is 21.9 Å². The Morgan fingerprint density at radius 3 is 2.28 bits per heavy atom. The van der Waals surface area contributed by atoms with Gasteiger partial charge in [-0.2, -0.15) is 0 Å². The number of hydrogen-bond acceptors (Lipinski definition) is 5. The highest BCUT2D eigenvalue weighted by Crippen LogP contribution is 2.33. The van der Waals surface area contributed by atoms with E-state index in [1.165, 1.54) is 0 Å². The molecule has 170 valence electrons. The van der Waals surface area contributed by atoms with E-state index in [4.69, 9.17) is 9.47 Å². The van der Waals surface area contributed by atoms with Crippen molar-refractivity contribution in [3.63, 3.8) is 0 Å². The van der Waals surface area contributed by atoms with Gasteiger partial charge in [0.1, 0.15) is 11.4 Å². The van der Waals surface area contributed by atoms with Gasteiger partial charge in [-0.15, -0.1) is 0 Å². The van der Waals surface area contributed by atoms with Gasteiger partial charge in [-0.3, -0.25) is 14.9 Å². The van der Waals surface area contributed by atoms with Crippen LogP contribution in [0.15, 0.2) is 42.5 Å². The summed E-state index contributed by atoms with van der Waals surface area (Å²) in [6, 6.07) is 11.7. The number of nitrogens with one attached hydrogen (secondary N) is 2. The molecule has 0 unspecified atom stereocenters. The molecule has 0 radical (unpaired) electrons. The van der Waals surface area contributed by atoms with Crippen LogP contribution in [0.2, 0.25) is 0 Å². The Labute approximate surface area is 187 Å². The Hall–Kier alpha value is -3.55. The highest BCUT2D eigenvalue weighted by atomic mass is 16.6. The largest absolute Gasteiger partial charge is 0.495 e. The first kappa shape index (κ1) is 23.1. The molecule has 8 heteroatoms. The third kappa shape index (κ3) is 6.00. The van der Waals surface area contributed by atoms with Crippen molar-refractivity contribution >= 4 is 35.0 Å². The van der Waals surface area contributed by atoms with Crippen LogP contribution in [-0.4, -0.2) is 37.2 Å². The van der Waals surface area contributed by atoms with Gasteiger partial charge in [0.05, 0.1) is 12.8 Å². The molecule has 0 aromatic heterocycles. The van der Waals surface area contributed by atoms with E-state index in [9.17, 15) is 14.4 Å². The van der Waals surface area contributed by atoms with E-state index < -0.39 is 11.7 Å². The van der Waals surface area contributed by atoms with Crippen LogP contribution in [0, 0.1) is 0 Å². The lowest BCUT2D eigenvalue weighted by atomic mass is 10.1. The molecule has 0 bridgehead atoms. The highest BCUT2D eigenvalue weighted by molar-refractivity contribution is 6.05. The van der Waals surface area contributed by atoms with Crippen molar-refractivity contribution < 1.29 is 23.9 Å². The van der Waals surface area contributed by atoms with Gasteiger partial charge in [-0.1, -0.05) is 0 Å². The number of carbonyl (C=O) groups is 3. The quantitative estimate of drug-likeness (QED) is 0.697. The lowest BCUT2D eigenvalue weighted by molar-refractivity contribution is -0.119. The van der Waals surface area contributed by atoms with Gasteiger partial charge in [0.15, 0.2) is 0 Å². The maximum Gasteiger partial charge on any atom is 0.412 e. The molecule has 1 aliphatic heterocycles. The summed E-state index contributed by atoms with van der Waals surface area (Å²) in [5.74, 6) is 0.317. The van der Waals surface area contributed by atoms with Crippen molar-refractivity contribution in [1.29, 1.82) is 0 Å². The van der Waals surface area contributed by atoms with E-state index in [1.54, 1.807) is 75.2 Å². The molecule has 1 fully saturated rings. The van der Waals surface area contributed by atoms with Crippen LogP contribution in [0.1, 0.15) is 50.4 Å². The zero-order valence-electron chi connectivity index (χ0n) is 18.9. The summed E-state index contributed by atoms with van der Waals surface area (Å²) >= 11 is 0. The van der Waals surface area contributed by atoms with Crippen LogP contribution >= 0.6 is 0 Å². The molecule has 3 amide bonds. The molecule has 32 heavy (non-hydrogen) atoms. The van der Waals surface area contributed by atoms with Gasteiger partial charge in [-0.25, -0.2) is 4.79 Å². The summed E-state index contributed by atoms with van der Waals surface area (Å²) in [5, 5.41) is 5.48. The molecular formula is C24H29N3O5. The molecule has 0 spiro atoms. The first-order valence-corrected chi connectivity index (χ1v) is 10.6. The molecule has 1 saturated heterocycles. The summed E-state index contributed by atoms with van der Waals surface area (Å²) in [4.78, 5) is 38.6. The number of anilines is 3. The lowest BCUT2D eigenvalue weighted by Gasteiger charge is -2.28. The predicted molar refractivity (Wildman–Crippen MR) is 123 cm³/mol. The van der Waals surface area contributed by atoms with Crippen molar-refractivity contribution in [1.82, 2.24) is 0 Å². The number of ether oxygens (including phenoxy) is 2. The van der Waals surface area contributed by atoms with Crippen molar-refractivity contribution in [2.45, 2.75) is 45.6 Å². The number of amides is 3. The number of carbonyl (C=O) groups excluding carboxylic acids is 3. The van der Waals surface area contributed by atoms with E-state index >= 15 is 0 Å². The molecule has 3 rings (SSSR count). The molecule has 0 saturated carbocycles. The van der Waals surface area contributed by atoms with Gasteiger partial charge in [0, 0.05) is 29.9 Å². The maximum absolute atomic E-state index is 12.7. The second-order valence-corrected chi connectivity index (χ2v) is 8.55. The standard InChI is InChI=1S/C24H29N3O5/c1-24(2,3)32-23(30)26-17-10-8-16(9-11-17)22(29)25-18-12-13-20(31-4)19(15-18)27-14-6-5-7-21(27)28/h8-13,15H,5-7,14H2,1-4H3,(H,25,29)(H,26,30). The molecule has 2 N–H and O–H groups in total. The highest BCUT2D eigenvalue weighted by Gasteiger charge is 2.23. The summed E-state index contributed by atoms with van der Waals surface area (Å²) in [6.07, 6.45) is 1.75. The smallest absolute Gasteiger partial charge is 0.412 e. The molecule has 2 aromatic carbocycles. The van der Waals surface area contributed by atoms with Gasteiger partial charge >= 0.3 is 6.09 Å². The van der Waals surface area contributed by atoms with E-state index in [0.717, 1.165) is 12.8 Å². The van der Waals surface area contributed by atoms with Crippen LogP contribution in [-0.2, 0) is 9.53 Å². The van der Waals surface area contributed by atoms with Gasteiger partial charge < -0.3 is 19.7 Å². The molecule has 0 atom stereocenters. The minimum absolute atomic E-state index is 0.0473. The van der Waals surface area contributed by atoms with E-state index in [1.807, 2.05) is 0 Å². The maximum atomic E-state index is 12.7. The van der Waals surface area contributed by atoms with Gasteiger partial charge in [-0.05, 0) is 76.1 Å². The molecular weight excluding hydrogens is 410 g/mol. The fourth-order valence-corrected chi connectivity index (χ4v) is 3.37. The zero-order chi connectivity index (χ0) is 23.3. The summed E-state index contributed by atoms with van der Waals surface area (Å²) in [6.45, 7) is 5.97. The van der Waals surface area contributed by atoms with Crippen LogP contribution in [0.5, 0.6) is 5.75 Å². The van der Waals surface area contributed by atoms with Crippen LogP contribution in [0.3, 0.4) is 0 Å². The molecule has 1 heterocycles. The third-order valence-corrected chi connectivity index (χ3v) is 4.84. The van der Waals surface area contributed by atoms with Crippen molar-refractivity contribution in [2.75, 3.05) is 29.2 Å². The minimum atomic E-state index is -0.597. The van der Waals surface area contributed by atoms with Crippen LogP contribution < -0.4 is 20.3 Å². The van der Waals surface area contributed by atoms with Crippen molar-refractivity contribution in [2.24, 2.45) is 0 Å². The average Bonchev–Trinajstić information content (AvgIpc) is 2.73. The Balaban J connectivity index is 1.69. The van der Waals surface area contributed by atoms with Crippen molar-refractivity contribution in [3.8, 4) is 5.75 Å². The fraction of sp³-hybridized carbons (Fsp3) is 0.375. The number of nitrogens with zero attached hydrogens (tertiary/aromatic N) is 1. The Morgan fingerprint density at radius 1 is 0.969 bits per heavy atom. The number of hydrogen-bond donors (Lipinski definition) is 2. The fourth-order valence-electron chi connectivity index (χ4n) is 3.37. The Bertz CT molecular complexity index is 996. The summed E-state index contributed by atoms with van der Waals surface area (Å²) in [5.41, 5.74) is 1.55. The van der Waals surface area contributed by atoms with E-state index in [2.05, 4.69) is 10.6 Å². The molecule has 2 aromatic rings. The summed E-state index contributed by atoms with van der Waals surface area (Å²) < 4.78 is 10.6. The van der Waals surface area contributed by atoms with E-state index in [0.29, 0.717) is 41.3 Å². The number of benzene rings is 2. The predicted octanol–water partition coefficient (Wildman–Crippen LogP) is 4.81. The Kier molecular flexibility index (Phi) is 7.02. The zero-order valence-corrected chi connectivity index (χ0v) is 18.9. The van der Waals surface area contributed by atoms with Crippen molar-refractivity contribution in [3.05, 3.63) is 48.0 Å². The average molecular weight is 440 g/mol. The minimum Gasteiger partial charge on any atom is -0.495 e. The normalized spacial score (nSPS) is 14.0. The summed E-state index contributed by atoms with van der Waals surface area (Å²) in [7, 11) is 1.55. The Morgan fingerprint density at radius 2 is 1.66 bits per heavy atom. The molecule has 1 aliphatic rings.